The first kappa shape index (κ1) is 17.9. The fourth-order valence-electron chi connectivity index (χ4n) is 1.50. The maximum atomic E-state index is 11.5. The van der Waals surface area contributed by atoms with Crippen LogP contribution in [0.2, 0.25) is 0 Å². The van der Waals surface area contributed by atoms with Crippen LogP contribution < -0.4 is 10.1 Å². The summed E-state index contributed by atoms with van der Waals surface area (Å²) in [6, 6.07) is 7.88. The van der Waals surface area contributed by atoms with Crippen molar-refractivity contribution in [1.82, 2.24) is 10.2 Å². The van der Waals surface area contributed by atoms with E-state index in [2.05, 4.69) is 27.9 Å². The van der Waals surface area contributed by atoms with Gasteiger partial charge in [-0.2, -0.15) is 0 Å². The zero-order valence-corrected chi connectivity index (χ0v) is 14.2. The van der Waals surface area contributed by atoms with E-state index in [0.717, 1.165) is 5.75 Å². The van der Waals surface area contributed by atoms with Crippen molar-refractivity contribution in [2.24, 2.45) is 0 Å². The Morgan fingerprint density at radius 3 is 2.81 bits per heavy atom. The second-order valence-electron chi connectivity index (χ2n) is 4.39. The molecule has 1 aromatic rings. The third kappa shape index (κ3) is 8.03. The van der Waals surface area contributed by atoms with Crippen molar-refractivity contribution in [3.05, 3.63) is 40.0 Å². The monoisotopic (exact) mass is 404 g/mol. The summed E-state index contributed by atoms with van der Waals surface area (Å²) in [5, 5.41) is 11.9. The lowest BCUT2D eigenvalue weighted by Gasteiger charge is -2.12. The smallest absolute Gasteiger partial charge is 0.246 e. The van der Waals surface area contributed by atoms with E-state index in [1.165, 1.54) is 14.5 Å². The highest BCUT2D eigenvalue weighted by Crippen LogP contribution is 2.12. The third-order valence-corrected chi connectivity index (χ3v) is 3.41. The molecule has 2 N–H and O–H groups in total. The lowest BCUT2D eigenvalue weighted by atomic mass is 10.3. The molecule has 0 spiro atoms. The number of amides is 1. The van der Waals surface area contributed by atoms with Crippen LogP contribution in [0.25, 0.3) is 0 Å². The van der Waals surface area contributed by atoms with Crippen molar-refractivity contribution in [2.75, 3.05) is 39.9 Å². The van der Waals surface area contributed by atoms with Crippen molar-refractivity contribution in [3.8, 4) is 5.75 Å². The molecule has 0 aliphatic rings. The number of aliphatic hydroxyl groups excluding tert-OH is 1. The number of hydrogen-bond acceptors (Lipinski definition) is 4. The summed E-state index contributed by atoms with van der Waals surface area (Å²) in [4.78, 5) is 13.0. The molecule has 0 saturated heterocycles. The minimum absolute atomic E-state index is 0.0236. The van der Waals surface area contributed by atoms with Crippen LogP contribution in [-0.2, 0) is 4.79 Å². The highest BCUT2D eigenvalue weighted by atomic mass is 127. The summed E-state index contributed by atoms with van der Waals surface area (Å²) >= 11 is 2.25. The van der Waals surface area contributed by atoms with E-state index in [-0.39, 0.29) is 12.5 Å². The number of benzene rings is 1. The molecule has 0 bridgehead atoms. The summed E-state index contributed by atoms with van der Waals surface area (Å²) in [5.41, 5.74) is 0. The van der Waals surface area contributed by atoms with Gasteiger partial charge in [0.2, 0.25) is 5.91 Å². The van der Waals surface area contributed by atoms with Gasteiger partial charge in [-0.25, -0.2) is 0 Å². The van der Waals surface area contributed by atoms with Crippen LogP contribution in [0.1, 0.15) is 0 Å². The Balaban J connectivity index is 2.09. The molecule has 0 aromatic heterocycles. The van der Waals surface area contributed by atoms with Crippen LogP contribution in [-0.4, -0.2) is 55.8 Å². The second-order valence-corrected chi connectivity index (χ2v) is 5.64. The van der Waals surface area contributed by atoms with Crippen LogP contribution in [0.3, 0.4) is 0 Å². The van der Waals surface area contributed by atoms with E-state index < -0.39 is 0 Å². The van der Waals surface area contributed by atoms with E-state index in [9.17, 15) is 4.79 Å². The first-order valence-corrected chi connectivity index (χ1v) is 7.83. The van der Waals surface area contributed by atoms with E-state index in [1.807, 2.05) is 24.3 Å². The van der Waals surface area contributed by atoms with Gasteiger partial charge >= 0.3 is 0 Å². The fourth-order valence-corrected chi connectivity index (χ4v) is 1.86. The van der Waals surface area contributed by atoms with Gasteiger partial charge in [-0.15, -0.1) is 0 Å². The minimum Gasteiger partial charge on any atom is -0.492 e. The Morgan fingerprint density at radius 2 is 2.14 bits per heavy atom. The van der Waals surface area contributed by atoms with Gasteiger partial charge in [-0.3, -0.25) is 4.79 Å². The van der Waals surface area contributed by atoms with E-state index >= 15 is 0 Å². The quantitative estimate of drug-likeness (QED) is 0.370. The van der Waals surface area contributed by atoms with Gasteiger partial charge in [0.1, 0.15) is 12.4 Å². The number of carbonyl (C=O) groups is 1. The number of nitrogens with one attached hydrogen (secondary N) is 1. The average Bonchev–Trinajstić information content (AvgIpc) is 2.48. The lowest BCUT2D eigenvalue weighted by molar-refractivity contribution is -0.125. The topological polar surface area (TPSA) is 61.8 Å². The van der Waals surface area contributed by atoms with Crippen LogP contribution in [0.4, 0.5) is 0 Å². The molecule has 5 nitrogen and oxygen atoms in total. The van der Waals surface area contributed by atoms with E-state index in [0.29, 0.717) is 26.2 Å². The van der Waals surface area contributed by atoms with Crippen LogP contribution in [0, 0.1) is 3.57 Å². The molecule has 0 atom stereocenters. The summed E-state index contributed by atoms with van der Waals surface area (Å²) in [7, 11) is 1.66. The van der Waals surface area contributed by atoms with Crippen molar-refractivity contribution < 1.29 is 14.6 Å². The Bertz CT molecular complexity index is 449. The van der Waals surface area contributed by atoms with Crippen molar-refractivity contribution in [1.29, 1.82) is 0 Å². The molecule has 1 amide bonds. The second kappa shape index (κ2) is 10.6. The fraction of sp³-hybridized carbons (Fsp3) is 0.400. The molecule has 0 aliphatic carbocycles. The molecular formula is C15H21IN2O3. The molecule has 0 radical (unpaired) electrons. The van der Waals surface area contributed by atoms with E-state index in [4.69, 9.17) is 9.84 Å². The van der Waals surface area contributed by atoms with Gasteiger partial charge in [0.15, 0.2) is 0 Å². The normalized spacial score (nSPS) is 10.8. The molecule has 116 valence electrons. The Morgan fingerprint density at radius 1 is 1.43 bits per heavy atom. The van der Waals surface area contributed by atoms with Crippen LogP contribution in [0.15, 0.2) is 36.4 Å². The molecule has 0 saturated carbocycles. The number of hydrogen-bond donors (Lipinski definition) is 2. The number of aliphatic hydroxyl groups is 1. The summed E-state index contributed by atoms with van der Waals surface area (Å²) < 4.78 is 6.75. The maximum Gasteiger partial charge on any atom is 0.246 e. The molecule has 1 rings (SSSR count). The standard InChI is InChI=1S/C15H21IN2O3/c1-18(10-11-19)15(20)3-2-8-17-9-12-21-14-6-4-13(16)5-7-14/h2-7,17,19H,8-12H2,1H3. The summed E-state index contributed by atoms with van der Waals surface area (Å²) in [6.07, 6.45) is 3.27. The van der Waals surface area contributed by atoms with Gasteiger partial charge in [0.25, 0.3) is 0 Å². The number of likely N-dealkylation sites (N-methyl/N-ethyl adjacent to an activating group) is 1. The van der Waals surface area contributed by atoms with Gasteiger partial charge in [-0.1, -0.05) is 6.08 Å². The summed E-state index contributed by atoms with van der Waals surface area (Å²) in [5.74, 6) is 0.745. The zero-order valence-electron chi connectivity index (χ0n) is 12.1. The van der Waals surface area contributed by atoms with Gasteiger partial charge in [-0.05, 0) is 46.9 Å². The van der Waals surface area contributed by atoms with Gasteiger partial charge in [0.05, 0.1) is 6.61 Å². The Hall–Kier alpha value is -1.12. The van der Waals surface area contributed by atoms with Crippen LogP contribution >= 0.6 is 22.6 Å². The number of rotatable bonds is 9. The first-order chi connectivity index (χ1) is 10.1. The first-order valence-electron chi connectivity index (χ1n) is 6.75. The third-order valence-electron chi connectivity index (χ3n) is 2.70. The van der Waals surface area contributed by atoms with E-state index in [1.54, 1.807) is 13.1 Å². The predicted molar refractivity (Wildman–Crippen MR) is 91.4 cm³/mol. The SMILES string of the molecule is CN(CCO)C(=O)C=CCNCCOc1ccc(I)cc1. The number of halogens is 1. The molecule has 0 aliphatic heterocycles. The van der Waals surface area contributed by atoms with Crippen molar-refractivity contribution in [3.63, 3.8) is 0 Å². The molecule has 0 fully saturated rings. The maximum absolute atomic E-state index is 11.5. The molecule has 6 heteroatoms. The number of carbonyl (C=O) groups excluding carboxylic acids is 1. The Kier molecular flexibility index (Phi) is 9.04. The number of ether oxygens (including phenoxy) is 1. The summed E-state index contributed by atoms with van der Waals surface area (Å²) in [6.45, 7) is 2.21. The highest BCUT2D eigenvalue weighted by molar-refractivity contribution is 14.1. The molecule has 0 unspecified atom stereocenters. The van der Waals surface area contributed by atoms with Gasteiger partial charge < -0.3 is 20.1 Å². The largest absolute Gasteiger partial charge is 0.492 e. The zero-order chi connectivity index (χ0) is 15.5. The predicted octanol–water partition coefficient (Wildman–Crippen LogP) is 1.27. The van der Waals surface area contributed by atoms with Crippen molar-refractivity contribution in [2.45, 2.75) is 0 Å². The van der Waals surface area contributed by atoms with Gasteiger partial charge in [0, 0.05) is 36.3 Å². The highest BCUT2D eigenvalue weighted by Gasteiger charge is 2.01. The minimum atomic E-state index is -0.110. The lowest BCUT2D eigenvalue weighted by Crippen LogP contribution is -2.28. The van der Waals surface area contributed by atoms with Crippen molar-refractivity contribution >= 4 is 28.5 Å². The molecular weight excluding hydrogens is 383 g/mol. The molecule has 21 heavy (non-hydrogen) atoms. The van der Waals surface area contributed by atoms with Crippen LogP contribution in [0.5, 0.6) is 5.75 Å². The molecule has 1 aromatic carbocycles. The Labute approximate surface area is 139 Å². The average molecular weight is 404 g/mol. The molecule has 0 heterocycles. The number of nitrogens with zero attached hydrogens (tertiary/aromatic N) is 1.